The van der Waals surface area contributed by atoms with E-state index in [4.69, 9.17) is 4.42 Å². The molecule has 1 N–H and O–H groups in total. The van der Waals surface area contributed by atoms with E-state index in [2.05, 4.69) is 15.5 Å². The lowest BCUT2D eigenvalue weighted by Gasteiger charge is -2.16. The van der Waals surface area contributed by atoms with Gasteiger partial charge in [0.15, 0.2) is 0 Å². The van der Waals surface area contributed by atoms with E-state index >= 15 is 0 Å². The Morgan fingerprint density at radius 2 is 2.15 bits per heavy atom. The summed E-state index contributed by atoms with van der Waals surface area (Å²) in [5, 5.41) is 10.4. The molecule has 1 aromatic rings. The molecular formula is C12H18N4O3S. The summed E-state index contributed by atoms with van der Waals surface area (Å²) in [6, 6.07) is -0.344. The monoisotopic (exact) mass is 298 g/mol. The predicted octanol–water partition coefficient (Wildman–Crippen LogP) is 1.40. The molecular weight excluding hydrogens is 280 g/mol. The van der Waals surface area contributed by atoms with Crippen LogP contribution < -0.4 is 5.32 Å². The van der Waals surface area contributed by atoms with Crippen molar-refractivity contribution >= 4 is 23.7 Å². The number of imide groups is 1. The molecule has 110 valence electrons. The van der Waals surface area contributed by atoms with Gasteiger partial charge < -0.3 is 9.73 Å². The molecule has 8 heteroatoms. The smallest absolute Gasteiger partial charge is 0.324 e. The Hall–Kier alpha value is -1.57. The first-order valence-corrected chi connectivity index (χ1v) is 7.27. The van der Waals surface area contributed by atoms with Crippen molar-refractivity contribution in [3.63, 3.8) is 0 Å². The van der Waals surface area contributed by atoms with Gasteiger partial charge in [0.1, 0.15) is 0 Å². The average Bonchev–Trinajstić information content (AvgIpc) is 2.96. The number of hydrogen-bond donors (Lipinski definition) is 1. The Labute approximate surface area is 121 Å². The van der Waals surface area contributed by atoms with Gasteiger partial charge in [-0.15, -0.1) is 10.2 Å². The largest absolute Gasteiger partial charge is 0.415 e. The fourth-order valence-corrected chi connectivity index (χ4v) is 2.41. The van der Waals surface area contributed by atoms with E-state index in [0.717, 1.165) is 0 Å². The summed E-state index contributed by atoms with van der Waals surface area (Å²) in [6.07, 6.45) is 0. The highest BCUT2D eigenvalue weighted by atomic mass is 32.2. The van der Waals surface area contributed by atoms with Crippen LogP contribution in [0.2, 0.25) is 0 Å². The minimum Gasteiger partial charge on any atom is -0.415 e. The van der Waals surface area contributed by atoms with Crippen LogP contribution in [-0.4, -0.2) is 45.4 Å². The summed E-state index contributed by atoms with van der Waals surface area (Å²) in [6.45, 7) is 8.53. The highest BCUT2D eigenvalue weighted by Gasteiger charge is 2.31. The molecule has 2 rings (SSSR count). The average molecular weight is 298 g/mol. The summed E-state index contributed by atoms with van der Waals surface area (Å²) in [5.41, 5.74) is -0.228. The van der Waals surface area contributed by atoms with Gasteiger partial charge >= 0.3 is 6.03 Å². The van der Waals surface area contributed by atoms with Gasteiger partial charge in [-0.1, -0.05) is 32.5 Å². The quantitative estimate of drug-likeness (QED) is 0.849. The van der Waals surface area contributed by atoms with Crippen LogP contribution in [0, 0.1) is 0 Å². The first-order chi connectivity index (χ1) is 9.29. The van der Waals surface area contributed by atoms with Crippen LogP contribution in [-0.2, 0) is 10.2 Å². The number of aromatic nitrogens is 2. The number of carbonyl (C=O) groups excluding carboxylic acids is 2. The van der Waals surface area contributed by atoms with Gasteiger partial charge in [-0.05, 0) is 6.92 Å². The first-order valence-electron chi connectivity index (χ1n) is 6.39. The fourth-order valence-electron chi connectivity index (χ4n) is 1.66. The number of urea groups is 1. The molecule has 0 bridgehead atoms. The maximum absolute atomic E-state index is 12.1. The third-order valence-electron chi connectivity index (χ3n) is 2.80. The molecule has 0 spiro atoms. The van der Waals surface area contributed by atoms with Crippen molar-refractivity contribution in [2.45, 2.75) is 43.6 Å². The zero-order valence-electron chi connectivity index (χ0n) is 12.0. The highest BCUT2D eigenvalue weighted by molar-refractivity contribution is 8.00. The van der Waals surface area contributed by atoms with Gasteiger partial charge in [0.05, 0.1) is 5.25 Å². The van der Waals surface area contributed by atoms with E-state index in [1.165, 1.54) is 16.7 Å². The second-order valence-corrected chi connectivity index (χ2v) is 6.90. The molecule has 0 unspecified atom stereocenters. The molecule has 1 aliphatic rings. The molecule has 20 heavy (non-hydrogen) atoms. The molecule has 3 amide bonds. The molecule has 0 aliphatic carbocycles. The van der Waals surface area contributed by atoms with Crippen molar-refractivity contribution in [1.82, 2.24) is 20.4 Å². The van der Waals surface area contributed by atoms with Gasteiger partial charge in [0.2, 0.25) is 11.8 Å². The van der Waals surface area contributed by atoms with Gasteiger partial charge in [0.25, 0.3) is 5.22 Å². The number of nitrogens with zero attached hydrogens (tertiary/aromatic N) is 3. The minimum atomic E-state index is -0.452. The van der Waals surface area contributed by atoms with Gasteiger partial charge in [-0.25, -0.2) is 4.79 Å². The van der Waals surface area contributed by atoms with Crippen LogP contribution in [0.3, 0.4) is 0 Å². The van der Waals surface area contributed by atoms with Crippen LogP contribution in [0.1, 0.15) is 33.6 Å². The van der Waals surface area contributed by atoms with E-state index in [1.54, 1.807) is 6.92 Å². The third kappa shape index (κ3) is 3.12. The maximum atomic E-state index is 12.1. The zero-order valence-corrected chi connectivity index (χ0v) is 12.8. The van der Waals surface area contributed by atoms with Crippen molar-refractivity contribution < 1.29 is 14.0 Å². The number of amides is 3. The van der Waals surface area contributed by atoms with Crippen molar-refractivity contribution in [3.8, 4) is 0 Å². The molecule has 1 aliphatic heterocycles. The Kier molecular flexibility index (Phi) is 4.03. The normalized spacial score (nSPS) is 17.2. The van der Waals surface area contributed by atoms with Crippen LogP contribution in [0.4, 0.5) is 4.79 Å². The zero-order chi connectivity index (χ0) is 14.9. The molecule has 1 saturated heterocycles. The van der Waals surface area contributed by atoms with E-state index < -0.39 is 5.25 Å². The number of nitrogens with one attached hydrogen (secondary N) is 1. The molecule has 1 atom stereocenters. The minimum absolute atomic E-state index is 0.228. The molecule has 1 fully saturated rings. The number of hydrogen-bond acceptors (Lipinski definition) is 6. The topological polar surface area (TPSA) is 88.3 Å². The van der Waals surface area contributed by atoms with Crippen LogP contribution in [0.5, 0.6) is 0 Å². The van der Waals surface area contributed by atoms with E-state index in [-0.39, 0.29) is 17.4 Å². The summed E-state index contributed by atoms with van der Waals surface area (Å²) in [7, 11) is 0. The Morgan fingerprint density at radius 1 is 1.45 bits per heavy atom. The maximum Gasteiger partial charge on any atom is 0.324 e. The van der Waals surface area contributed by atoms with Gasteiger partial charge in [-0.3, -0.25) is 9.69 Å². The van der Waals surface area contributed by atoms with E-state index in [0.29, 0.717) is 24.2 Å². The lowest BCUT2D eigenvalue weighted by Crippen LogP contribution is -2.38. The lowest BCUT2D eigenvalue weighted by molar-refractivity contribution is -0.126. The Morgan fingerprint density at radius 3 is 2.65 bits per heavy atom. The van der Waals surface area contributed by atoms with Crippen molar-refractivity contribution in [2.75, 3.05) is 13.1 Å². The summed E-state index contributed by atoms with van der Waals surface area (Å²) in [5.74, 6) is 0.277. The lowest BCUT2D eigenvalue weighted by atomic mass is 9.97. The fraction of sp³-hybridized carbons (Fsp3) is 0.667. The Balaban J connectivity index is 2.01. The molecule has 1 aromatic heterocycles. The summed E-state index contributed by atoms with van der Waals surface area (Å²) in [4.78, 5) is 24.8. The van der Waals surface area contributed by atoms with E-state index in [1.807, 2.05) is 20.8 Å². The molecule has 0 radical (unpaired) electrons. The second kappa shape index (κ2) is 5.43. The second-order valence-electron chi connectivity index (χ2n) is 5.61. The Bertz CT molecular complexity index is 523. The molecule has 7 nitrogen and oxygen atoms in total. The van der Waals surface area contributed by atoms with Crippen molar-refractivity contribution in [3.05, 3.63) is 5.89 Å². The summed E-state index contributed by atoms with van der Waals surface area (Å²) >= 11 is 1.17. The van der Waals surface area contributed by atoms with Crippen molar-refractivity contribution in [2.24, 2.45) is 0 Å². The third-order valence-corrected chi connectivity index (χ3v) is 3.72. The van der Waals surface area contributed by atoms with Gasteiger partial charge in [-0.2, -0.15) is 0 Å². The van der Waals surface area contributed by atoms with Crippen LogP contribution in [0.15, 0.2) is 9.64 Å². The van der Waals surface area contributed by atoms with Crippen LogP contribution in [0.25, 0.3) is 0 Å². The molecule has 2 heterocycles. The molecule has 0 saturated carbocycles. The van der Waals surface area contributed by atoms with Crippen LogP contribution >= 0.6 is 11.8 Å². The predicted molar refractivity (Wildman–Crippen MR) is 73.4 cm³/mol. The van der Waals surface area contributed by atoms with Gasteiger partial charge in [0, 0.05) is 18.5 Å². The number of rotatable bonds is 3. The van der Waals surface area contributed by atoms with E-state index in [9.17, 15) is 9.59 Å². The summed E-state index contributed by atoms with van der Waals surface area (Å²) < 4.78 is 5.53. The first kappa shape index (κ1) is 14.8. The molecule has 0 aromatic carbocycles. The number of thioether (sulfide) groups is 1. The number of carbonyl (C=O) groups is 2. The standard InChI is InChI=1S/C12H18N4O3S/c1-7(8(17)16-6-5-13-10(16)18)20-11-15-14-9(19-11)12(2,3)4/h7H,5-6H2,1-4H3,(H,13,18)/t7-/m1/s1. The van der Waals surface area contributed by atoms with Crippen molar-refractivity contribution in [1.29, 1.82) is 0 Å². The SMILES string of the molecule is C[C@@H](Sc1nnc(C(C)(C)C)o1)C(=O)N1CCNC1=O. The highest BCUT2D eigenvalue weighted by Crippen LogP contribution is 2.27.